The van der Waals surface area contributed by atoms with Crippen molar-refractivity contribution in [2.24, 2.45) is 29.6 Å². The van der Waals surface area contributed by atoms with Gasteiger partial charge in [-0.1, -0.05) is 177 Å². The molecule has 0 fully saturated rings. The van der Waals surface area contributed by atoms with Gasteiger partial charge in [0, 0.05) is 36.5 Å². The van der Waals surface area contributed by atoms with Gasteiger partial charge in [0.15, 0.2) is 0 Å². The maximum atomic E-state index is 13.4. The maximum Gasteiger partial charge on any atom is 0.306 e. The lowest BCUT2D eigenvalue weighted by Crippen LogP contribution is -2.27. The van der Waals surface area contributed by atoms with Gasteiger partial charge < -0.3 is 28.4 Å². The van der Waals surface area contributed by atoms with E-state index in [0.29, 0.717) is 38.2 Å². The van der Waals surface area contributed by atoms with Gasteiger partial charge in [0.05, 0.1) is 71.1 Å². The topological polar surface area (TPSA) is 158 Å². The van der Waals surface area contributed by atoms with E-state index in [1.54, 1.807) is 0 Å². The van der Waals surface area contributed by atoms with Crippen molar-refractivity contribution in [3.05, 3.63) is 12.3 Å². The molecule has 5 atom stereocenters. The molecule has 0 radical (unpaired) electrons. The molecule has 0 rings (SSSR count). The first-order chi connectivity index (χ1) is 33.8. The van der Waals surface area contributed by atoms with Crippen LogP contribution in [0.2, 0.25) is 0 Å². The van der Waals surface area contributed by atoms with E-state index >= 15 is 0 Å². The summed E-state index contributed by atoms with van der Waals surface area (Å²) in [5, 5.41) is 0. The Morgan fingerprint density at radius 3 is 1.19 bits per heavy atom. The average Bonchev–Trinajstić information content (AvgIpc) is 3.33. The van der Waals surface area contributed by atoms with Crippen LogP contribution in [0.3, 0.4) is 0 Å². The zero-order valence-electron chi connectivity index (χ0n) is 45.9. The van der Waals surface area contributed by atoms with E-state index in [0.717, 1.165) is 89.9 Å². The van der Waals surface area contributed by atoms with Crippen molar-refractivity contribution in [1.82, 2.24) is 0 Å². The number of rotatable bonds is 50. The molecule has 0 bridgehead atoms. The van der Waals surface area contributed by atoms with Crippen molar-refractivity contribution >= 4 is 35.6 Å². The summed E-state index contributed by atoms with van der Waals surface area (Å²) in [6.45, 7) is 19.0. The molecule has 0 amide bonds. The highest BCUT2D eigenvalue weighted by molar-refractivity contribution is 5.78. The Bertz CT molecular complexity index is 1360. The van der Waals surface area contributed by atoms with Crippen LogP contribution in [0.4, 0.5) is 0 Å². The zero-order chi connectivity index (χ0) is 52.0. The van der Waals surface area contributed by atoms with Crippen LogP contribution in [-0.2, 0) is 57.2 Å². The Kier molecular flexibility index (Phi) is 44.3. The zero-order valence-corrected chi connectivity index (χ0v) is 45.9. The predicted octanol–water partition coefficient (Wildman–Crippen LogP) is 14.5. The lowest BCUT2D eigenvalue weighted by Gasteiger charge is -2.24. The number of esters is 5. The number of ketones is 1. The molecule has 408 valence electrons. The highest BCUT2D eigenvalue weighted by Gasteiger charge is 2.27. The minimum absolute atomic E-state index is 0.0207. The Labute approximate surface area is 427 Å². The summed E-state index contributed by atoms with van der Waals surface area (Å²) in [6, 6.07) is 0. The number of ether oxygens (including phenoxy) is 6. The third-order valence-electron chi connectivity index (χ3n) is 13.3. The van der Waals surface area contributed by atoms with E-state index in [4.69, 9.17) is 28.4 Å². The Balaban J connectivity index is 5.37. The monoisotopic (exact) mass is 993 g/mol. The highest BCUT2D eigenvalue weighted by Crippen LogP contribution is 2.24. The van der Waals surface area contributed by atoms with Crippen LogP contribution in [0, 0.1) is 29.6 Å². The van der Waals surface area contributed by atoms with E-state index in [9.17, 15) is 28.8 Å². The fraction of sp³-hybridized carbons (Fsp3) is 0.862. The molecule has 12 nitrogen and oxygen atoms in total. The molecule has 5 unspecified atom stereocenters. The number of unbranched alkanes of at least 4 members (excludes halogenated alkanes) is 20. The SMILES string of the molecule is C=C(CCCCCCCC)OCC(CC(=O)OCCCCCCCC)CC(=O)OCC(CCC(C)COC(=O)CC(COC(=O)CCCCCCCC)CC(=O)OCCCCCCCC)C(C)C(C)=O. The van der Waals surface area contributed by atoms with Gasteiger partial charge in [-0.25, -0.2) is 0 Å². The highest BCUT2D eigenvalue weighted by atomic mass is 16.6. The second-order valence-electron chi connectivity index (χ2n) is 20.3. The first-order valence-corrected chi connectivity index (χ1v) is 28.3. The van der Waals surface area contributed by atoms with Gasteiger partial charge >= 0.3 is 29.8 Å². The fourth-order valence-electron chi connectivity index (χ4n) is 8.27. The molecule has 12 heteroatoms. The molecule has 0 N–H and O–H groups in total. The van der Waals surface area contributed by atoms with Crippen molar-refractivity contribution in [2.75, 3.05) is 39.6 Å². The molecule has 0 spiro atoms. The molecule has 0 aromatic heterocycles. The van der Waals surface area contributed by atoms with Crippen LogP contribution in [0.25, 0.3) is 0 Å². The van der Waals surface area contributed by atoms with Gasteiger partial charge in [0.1, 0.15) is 5.78 Å². The second kappa shape index (κ2) is 46.6. The number of allylic oxidation sites excluding steroid dienone is 1. The van der Waals surface area contributed by atoms with Crippen LogP contribution in [0.5, 0.6) is 0 Å². The number of carbonyl (C=O) groups is 6. The smallest absolute Gasteiger partial charge is 0.306 e. The van der Waals surface area contributed by atoms with Gasteiger partial charge in [-0.15, -0.1) is 0 Å². The minimum atomic E-state index is -0.574. The molecular formula is C58H104O12. The maximum absolute atomic E-state index is 13.4. The van der Waals surface area contributed by atoms with Crippen LogP contribution < -0.4 is 0 Å². The van der Waals surface area contributed by atoms with Crippen LogP contribution in [-0.4, -0.2) is 75.3 Å². The van der Waals surface area contributed by atoms with Crippen molar-refractivity contribution in [3.63, 3.8) is 0 Å². The van der Waals surface area contributed by atoms with Gasteiger partial charge in [0.25, 0.3) is 0 Å². The molecule has 0 aromatic rings. The third kappa shape index (κ3) is 41.2. The summed E-state index contributed by atoms with van der Waals surface area (Å²) in [5.74, 6) is -3.24. The first-order valence-electron chi connectivity index (χ1n) is 28.3. The molecule has 0 aliphatic heterocycles. The quantitative estimate of drug-likeness (QED) is 0.0246. The number of hydrogen-bond acceptors (Lipinski definition) is 12. The van der Waals surface area contributed by atoms with Gasteiger partial charge in [-0.3, -0.25) is 28.8 Å². The average molecular weight is 993 g/mol. The number of carbonyl (C=O) groups excluding carboxylic acids is 6. The molecule has 0 saturated carbocycles. The van der Waals surface area contributed by atoms with Crippen LogP contribution >= 0.6 is 0 Å². The summed E-state index contributed by atoms with van der Waals surface area (Å²) in [7, 11) is 0. The van der Waals surface area contributed by atoms with Gasteiger partial charge in [-0.2, -0.15) is 0 Å². The largest absolute Gasteiger partial charge is 0.498 e. The summed E-state index contributed by atoms with van der Waals surface area (Å²) >= 11 is 0. The standard InChI is InChI=1S/C58H104O12/c1-9-13-17-21-25-29-33-48(6)67-44-51(39-55(61)65-37-31-27-23-19-15-11-3)41-58(64)70-46-53(49(7)50(8)59)36-35-47(5)43-68-57(63)42-52(40-56(62)66-38-32-28-24-20-16-12-4)45-69-54(60)34-30-26-22-18-14-10-2/h47,49,51-53H,6,9-46H2,1-5,7-8H3. The van der Waals surface area contributed by atoms with Crippen molar-refractivity contribution in [3.8, 4) is 0 Å². The van der Waals surface area contributed by atoms with Crippen molar-refractivity contribution in [1.29, 1.82) is 0 Å². The molecule has 0 saturated heterocycles. The van der Waals surface area contributed by atoms with E-state index in [2.05, 4.69) is 34.3 Å². The molecule has 70 heavy (non-hydrogen) atoms. The lowest BCUT2D eigenvalue weighted by molar-refractivity contribution is -0.154. The van der Waals surface area contributed by atoms with E-state index in [1.165, 1.54) is 77.6 Å². The summed E-state index contributed by atoms with van der Waals surface area (Å²) in [6.07, 6.45) is 28.1. The van der Waals surface area contributed by atoms with Crippen molar-refractivity contribution in [2.45, 2.75) is 254 Å². The predicted molar refractivity (Wildman–Crippen MR) is 280 cm³/mol. The molecule has 0 aromatic carbocycles. The lowest BCUT2D eigenvalue weighted by atomic mass is 9.86. The molecule has 0 aliphatic rings. The molecule has 0 heterocycles. The van der Waals surface area contributed by atoms with E-state index in [1.807, 2.05) is 13.8 Å². The van der Waals surface area contributed by atoms with E-state index < -0.39 is 29.7 Å². The normalized spacial score (nSPS) is 13.4. The molecule has 0 aliphatic carbocycles. The summed E-state index contributed by atoms with van der Waals surface area (Å²) in [4.78, 5) is 77.4. The minimum Gasteiger partial charge on any atom is -0.498 e. The van der Waals surface area contributed by atoms with Crippen LogP contribution in [0.15, 0.2) is 12.3 Å². The van der Waals surface area contributed by atoms with Crippen LogP contribution in [0.1, 0.15) is 254 Å². The summed E-state index contributed by atoms with van der Waals surface area (Å²) in [5.41, 5.74) is 0. The van der Waals surface area contributed by atoms with E-state index in [-0.39, 0.29) is 87.6 Å². The molecular weight excluding hydrogens is 889 g/mol. The van der Waals surface area contributed by atoms with Gasteiger partial charge in [-0.05, 0) is 51.4 Å². The Morgan fingerprint density at radius 1 is 0.386 bits per heavy atom. The second-order valence-corrected chi connectivity index (χ2v) is 20.3. The van der Waals surface area contributed by atoms with Crippen molar-refractivity contribution < 1.29 is 57.2 Å². The third-order valence-corrected chi connectivity index (χ3v) is 13.3. The Hall–Kier alpha value is -3.44. The fourth-order valence-corrected chi connectivity index (χ4v) is 8.27. The first kappa shape index (κ1) is 66.6. The number of Topliss-reactive ketones (excluding diaryl/α,β-unsaturated/α-hetero) is 1. The summed E-state index contributed by atoms with van der Waals surface area (Å²) < 4.78 is 34.1. The number of hydrogen-bond donors (Lipinski definition) is 0. The Morgan fingerprint density at radius 2 is 0.743 bits per heavy atom. The van der Waals surface area contributed by atoms with Gasteiger partial charge in [0.2, 0.25) is 0 Å².